The predicted octanol–water partition coefficient (Wildman–Crippen LogP) is 1.71. The van der Waals surface area contributed by atoms with Gasteiger partial charge in [0.1, 0.15) is 0 Å². The van der Waals surface area contributed by atoms with Crippen LogP contribution in [0.1, 0.15) is 33.1 Å². The first kappa shape index (κ1) is 10.1. The smallest absolute Gasteiger partial charge is 0.0114 e. The van der Waals surface area contributed by atoms with Crippen molar-refractivity contribution in [1.82, 2.24) is 10.2 Å². The Morgan fingerprint density at radius 1 is 1.13 bits per heavy atom. The molecule has 0 aromatic heterocycles. The monoisotopic (exact) mass is 208 g/mol. The van der Waals surface area contributed by atoms with Crippen molar-refractivity contribution < 1.29 is 0 Å². The van der Waals surface area contributed by atoms with E-state index >= 15 is 0 Å². The molecule has 15 heavy (non-hydrogen) atoms. The lowest BCUT2D eigenvalue weighted by molar-refractivity contribution is 0.169. The minimum absolute atomic E-state index is 0.834. The molecule has 0 spiro atoms. The lowest BCUT2D eigenvalue weighted by Gasteiger charge is -2.30. The third-order valence-corrected chi connectivity index (χ3v) is 5.12. The van der Waals surface area contributed by atoms with Crippen LogP contribution in [0.3, 0.4) is 0 Å². The van der Waals surface area contributed by atoms with Gasteiger partial charge in [-0.3, -0.25) is 4.90 Å². The van der Waals surface area contributed by atoms with Gasteiger partial charge in [-0.05, 0) is 57.0 Å². The van der Waals surface area contributed by atoms with Crippen LogP contribution in [0.15, 0.2) is 0 Å². The molecule has 1 aliphatic carbocycles. The quantitative estimate of drug-likeness (QED) is 0.706. The van der Waals surface area contributed by atoms with Crippen LogP contribution >= 0.6 is 0 Å². The fraction of sp³-hybridized carbons (Fsp3) is 1.00. The van der Waals surface area contributed by atoms with Crippen molar-refractivity contribution in [3.05, 3.63) is 0 Å². The molecule has 86 valence electrons. The number of rotatable bonds is 1. The summed E-state index contributed by atoms with van der Waals surface area (Å²) >= 11 is 0. The van der Waals surface area contributed by atoms with Crippen LogP contribution in [-0.2, 0) is 0 Å². The van der Waals surface area contributed by atoms with Gasteiger partial charge in [0, 0.05) is 18.6 Å². The number of hydrogen-bond donors (Lipinski definition) is 1. The summed E-state index contributed by atoms with van der Waals surface area (Å²) in [6.45, 7) is 8.79. The van der Waals surface area contributed by atoms with Gasteiger partial charge in [-0.25, -0.2) is 0 Å². The van der Waals surface area contributed by atoms with Gasteiger partial charge in [0.2, 0.25) is 0 Å². The summed E-state index contributed by atoms with van der Waals surface area (Å²) in [5, 5.41) is 3.55. The second kappa shape index (κ2) is 3.74. The molecule has 1 N–H and O–H groups in total. The SMILES string of the molecule is CC1CCC(N2CC3CNCC3C2C)C1. The molecule has 2 aliphatic heterocycles. The number of nitrogens with one attached hydrogen (secondary N) is 1. The normalized spacial score (nSPS) is 51.2. The molecular weight excluding hydrogens is 184 g/mol. The highest BCUT2D eigenvalue weighted by atomic mass is 15.2. The molecule has 5 unspecified atom stereocenters. The van der Waals surface area contributed by atoms with E-state index in [1.807, 2.05) is 0 Å². The number of likely N-dealkylation sites (tertiary alicyclic amines) is 1. The zero-order valence-corrected chi connectivity index (χ0v) is 10.1. The molecule has 5 atom stereocenters. The summed E-state index contributed by atoms with van der Waals surface area (Å²) in [6.07, 6.45) is 4.37. The fourth-order valence-corrected chi connectivity index (χ4v) is 4.16. The van der Waals surface area contributed by atoms with Gasteiger partial charge >= 0.3 is 0 Å². The maximum Gasteiger partial charge on any atom is 0.0114 e. The molecule has 2 heterocycles. The molecule has 0 amide bonds. The van der Waals surface area contributed by atoms with Gasteiger partial charge in [-0.1, -0.05) is 6.92 Å². The van der Waals surface area contributed by atoms with Crippen LogP contribution in [0.5, 0.6) is 0 Å². The Labute approximate surface area is 93.4 Å². The molecule has 1 saturated carbocycles. The zero-order chi connectivity index (χ0) is 10.4. The molecule has 3 rings (SSSR count). The van der Waals surface area contributed by atoms with Crippen molar-refractivity contribution in [1.29, 1.82) is 0 Å². The molecular formula is C13H24N2. The Bertz CT molecular complexity index is 239. The second-order valence-electron chi connectivity index (χ2n) is 6.09. The Balaban J connectivity index is 1.68. The third kappa shape index (κ3) is 1.62. The van der Waals surface area contributed by atoms with Gasteiger partial charge < -0.3 is 5.32 Å². The second-order valence-corrected chi connectivity index (χ2v) is 6.09. The first-order valence-corrected chi connectivity index (χ1v) is 6.72. The lowest BCUT2D eigenvalue weighted by Crippen LogP contribution is -2.39. The van der Waals surface area contributed by atoms with Gasteiger partial charge in [0.25, 0.3) is 0 Å². The van der Waals surface area contributed by atoms with E-state index in [1.165, 1.54) is 38.9 Å². The summed E-state index contributed by atoms with van der Waals surface area (Å²) in [5.41, 5.74) is 0. The van der Waals surface area contributed by atoms with E-state index in [9.17, 15) is 0 Å². The highest BCUT2D eigenvalue weighted by Crippen LogP contribution is 2.38. The van der Waals surface area contributed by atoms with Crippen LogP contribution in [0.4, 0.5) is 0 Å². The van der Waals surface area contributed by atoms with E-state index < -0.39 is 0 Å². The topological polar surface area (TPSA) is 15.3 Å². The molecule has 3 aliphatic rings. The van der Waals surface area contributed by atoms with Crippen LogP contribution < -0.4 is 5.32 Å². The average Bonchev–Trinajstić information content (AvgIpc) is 2.84. The summed E-state index contributed by atoms with van der Waals surface area (Å²) in [4.78, 5) is 2.83. The highest BCUT2D eigenvalue weighted by Gasteiger charge is 2.44. The van der Waals surface area contributed by atoms with Gasteiger partial charge in [-0.2, -0.15) is 0 Å². The minimum atomic E-state index is 0.834. The van der Waals surface area contributed by atoms with Crippen LogP contribution in [0.2, 0.25) is 0 Å². The van der Waals surface area contributed by atoms with E-state index in [-0.39, 0.29) is 0 Å². The van der Waals surface area contributed by atoms with E-state index in [0.717, 1.165) is 29.8 Å². The molecule has 3 fully saturated rings. The minimum Gasteiger partial charge on any atom is -0.316 e. The van der Waals surface area contributed by atoms with Crippen molar-refractivity contribution in [2.75, 3.05) is 19.6 Å². The Kier molecular flexibility index (Phi) is 2.52. The van der Waals surface area contributed by atoms with Gasteiger partial charge in [0.05, 0.1) is 0 Å². The average molecular weight is 208 g/mol. The zero-order valence-electron chi connectivity index (χ0n) is 10.1. The van der Waals surface area contributed by atoms with Crippen LogP contribution in [0.25, 0.3) is 0 Å². The number of nitrogens with zero attached hydrogens (tertiary/aromatic N) is 1. The van der Waals surface area contributed by atoms with E-state index in [1.54, 1.807) is 0 Å². The molecule has 2 heteroatoms. The molecule has 2 saturated heterocycles. The highest BCUT2D eigenvalue weighted by molar-refractivity contribution is 4.99. The van der Waals surface area contributed by atoms with Gasteiger partial charge in [-0.15, -0.1) is 0 Å². The summed E-state index contributed by atoms with van der Waals surface area (Å²) < 4.78 is 0. The van der Waals surface area contributed by atoms with Crippen molar-refractivity contribution in [2.45, 2.75) is 45.2 Å². The lowest BCUT2D eigenvalue weighted by atomic mass is 9.95. The summed E-state index contributed by atoms with van der Waals surface area (Å²) in [6, 6.07) is 1.75. The fourth-order valence-electron chi connectivity index (χ4n) is 4.16. The largest absolute Gasteiger partial charge is 0.316 e. The molecule has 0 aromatic rings. The van der Waals surface area contributed by atoms with Crippen LogP contribution in [0, 0.1) is 17.8 Å². The first-order valence-electron chi connectivity index (χ1n) is 6.72. The van der Waals surface area contributed by atoms with Gasteiger partial charge in [0.15, 0.2) is 0 Å². The van der Waals surface area contributed by atoms with Crippen molar-refractivity contribution in [3.63, 3.8) is 0 Å². The Hall–Kier alpha value is -0.0800. The van der Waals surface area contributed by atoms with E-state index in [2.05, 4.69) is 24.1 Å². The number of hydrogen-bond acceptors (Lipinski definition) is 2. The van der Waals surface area contributed by atoms with Crippen molar-refractivity contribution in [2.24, 2.45) is 17.8 Å². The summed E-state index contributed by atoms with van der Waals surface area (Å²) in [5.74, 6) is 2.87. The maximum atomic E-state index is 3.55. The molecule has 2 nitrogen and oxygen atoms in total. The maximum absolute atomic E-state index is 3.55. The van der Waals surface area contributed by atoms with E-state index in [0.29, 0.717) is 0 Å². The summed E-state index contributed by atoms with van der Waals surface area (Å²) in [7, 11) is 0. The van der Waals surface area contributed by atoms with E-state index in [4.69, 9.17) is 0 Å². The molecule has 0 radical (unpaired) electrons. The van der Waals surface area contributed by atoms with Crippen molar-refractivity contribution in [3.8, 4) is 0 Å². The third-order valence-electron chi connectivity index (χ3n) is 5.12. The molecule has 0 aromatic carbocycles. The molecule has 0 bridgehead atoms. The standard InChI is InChI=1S/C13H24N2/c1-9-3-4-12(5-9)15-8-11-6-14-7-13(11)10(15)2/h9-14H,3-8H2,1-2H3. The number of fused-ring (bicyclic) bond motifs is 1. The Morgan fingerprint density at radius 3 is 2.67 bits per heavy atom. The Morgan fingerprint density at radius 2 is 2.00 bits per heavy atom. The van der Waals surface area contributed by atoms with Crippen LogP contribution in [-0.4, -0.2) is 36.6 Å². The van der Waals surface area contributed by atoms with Crippen molar-refractivity contribution >= 4 is 0 Å². The first-order chi connectivity index (χ1) is 7.25. The predicted molar refractivity (Wildman–Crippen MR) is 62.8 cm³/mol.